The molecule has 2 heterocycles. The zero-order chi connectivity index (χ0) is 10.7. The fraction of sp³-hybridized carbons (Fsp3) is 0.500. The van der Waals surface area contributed by atoms with Crippen LogP contribution in [0.1, 0.15) is 12.8 Å². The van der Waals surface area contributed by atoms with Crippen molar-refractivity contribution >= 4 is 17.4 Å². The van der Waals surface area contributed by atoms with E-state index in [9.17, 15) is 0 Å². The van der Waals surface area contributed by atoms with Crippen LogP contribution in [0.25, 0.3) is 0 Å². The molecular weight excluding hydrogens is 212 g/mol. The molecule has 0 amide bonds. The molecule has 1 N–H and O–H groups in total. The van der Waals surface area contributed by atoms with Crippen molar-refractivity contribution in [3.05, 3.63) is 23.4 Å². The lowest BCUT2D eigenvalue weighted by Crippen LogP contribution is -2.35. The minimum absolute atomic E-state index is 0.195. The Morgan fingerprint density at radius 2 is 2.13 bits per heavy atom. The highest BCUT2D eigenvalue weighted by atomic mass is 35.5. The second-order valence-electron chi connectivity index (χ2n) is 3.67. The first-order valence-corrected chi connectivity index (χ1v) is 5.41. The smallest absolute Gasteiger partial charge is 0.131 e. The van der Waals surface area contributed by atoms with E-state index in [1.807, 2.05) is 12.1 Å². The Balaban J connectivity index is 2.04. The van der Waals surface area contributed by atoms with E-state index >= 15 is 0 Å². The van der Waals surface area contributed by atoms with E-state index in [2.05, 4.69) is 15.0 Å². The molecular formula is C10H13ClN4. The van der Waals surface area contributed by atoms with Crippen LogP contribution in [-0.4, -0.2) is 24.1 Å². The molecule has 1 saturated heterocycles. The molecule has 1 fully saturated rings. The summed E-state index contributed by atoms with van der Waals surface area (Å²) in [6.45, 7) is 1.81. The van der Waals surface area contributed by atoms with E-state index in [1.165, 1.54) is 0 Å². The van der Waals surface area contributed by atoms with Gasteiger partial charge in [0, 0.05) is 13.1 Å². The summed E-state index contributed by atoms with van der Waals surface area (Å²) in [5.74, 6) is 0.922. The number of hydrogen-bond acceptors (Lipinski definition) is 4. The van der Waals surface area contributed by atoms with Crippen molar-refractivity contribution in [2.45, 2.75) is 18.9 Å². The highest BCUT2D eigenvalue weighted by Crippen LogP contribution is 2.20. The van der Waals surface area contributed by atoms with E-state index in [-0.39, 0.29) is 6.04 Å². The molecule has 15 heavy (non-hydrogen) atoms. The van der Waals surface area contributed by atoms with Gasteiger partial charge in [-0.3, -0.25) is 0 Å². The first-order chi connectivity index (χ1) is 7.29. The first kappa shape index (κ1) is 10.4. The molecule has 5 heteroatoms. The minimum atomic E-state index is 0.195. The largest absolute Gasteiger partial charge is 0.356 e. The molecule has 2 rings (SSSR count). The van der Waals surface area contributed by atoms with Gasteiger partial charge in [-0.05, 0) is 25.0 Å². The molecule has 80 valence electrons. The van der Waals surface area contributed by atoms with Crippen molar-refractivity contribution in [1.29, 1.82) is 5.53 Å². The second kappa shape index (κ2) is 4.57. The van der Waals surface area contributed by atoms with Crippen LogP contribution >= 0.6 is 11.6 Å². The third-order valence-electron chi connectivity index (χ3n) is 2.67. The summed E-state index contributed by atoms with van der Waals surface area (Å²) in [5, 5.41) is 4.10. The third-order valence-corrected chi connectivity index (χ3v) is 2.88. The fourth-order valence-electron chi connectivity index (χ4n) is 1.80. The van der Waals surface area contributed by atoms with Crippen LogP contribution in [-0.2, 0) is 0 Å². The van der Waals surface area contributed by atoms with E-state index in [0.717, 1.165) is 31.7 Å². The number of piperidine rings is 1. The van der Waals surface area contributed by atoms with E-state index in [4.69, 9.17) is 17.1 Å². The summed E-state index contributed by atoms with van der Waals surface area (Å²) in [4.78, 5) is 6.45. The predicted molar refractivity (Wildman–Crippen MR) is 59.6 cm³/mol. The summed E-state index contributed by atoms with van der Waals surface area (Å²) in [6.07, 6.45) is 1.86. The highest BCUT2D eigenvalue weighted by molar-refractivity contribution is 6.29. The molecule has 0 saturated carbocycles. The second-order valence-corrected chi connectivity index (χ2v) is 4.05. The van der Waals surface area contributed by atoms with Crippen LogP contribution in [0.4, 0.5) is 5.82 Å². The maximum atomic E-state index is 6.97. The topological polar surface area (TPSA) is 52.3 Å². The van der Waals surface area contributed by atoms with Crippen LogP contribution in [0.2, 0.25) is 5.15 Å². The Morgan fingerprint density at radius 3 is 2.73 bits per heavy atom. The molecule has 0 bridgehead atoms. The van der Waals surface area contributed by atoms with Gasteiger partial charge in [-0.25, -0.2) is 10.5 Å². The first-order valence-electron chi connectivity index (χ1n) is 5.03. The monoisotopic (exact) mass is 224 g/mol. The van der Waals surface area contributed by atoms with Gasteiger partial charge in [0.25, 0.3) is 0 Å². The van der Waals surface area contributed by atoms with Crippen molar-refractivity contribution in [2.75, 3.05) is 18.0 Å². The Hall–Kier alpha value is -1.16. The summed E-state index contributed by atoms with van der Waals surface area (Å²) in [5.41, 5.74) is 6.97. The molecule has 0 aliphatic carbocycles. The minimum Gasteiger partial charge on any atom is -0.356 e. The van der Waals surface area contributed by atoms with Gasteiger partial charge in [0.2, 0.25) is 0 Å². The van der Waals surface area contributed by atoms with Crippen LogP contribution in [0.3, 0.4) is 0 Å². The van der Waals surface area contributed by atoms with Crippen LogP contribution in [0.5, 0.6) is 0 Å². The van der Waals surface area contributed by atoms with Crippen molar-refractivity contribution in [3.8, 4) is 0 Å². The quantitative estimate of drug-likeness (QED) is 0.620. The Bertz CT molecular complexity index is 347. The molecule has 0 atom stereocenters. The molecule has 4 nitrogen and oxygen atoms in total. The van der Waals surface area contributed by atoms with Crippen LogP contribution < -0.4 is 4.90 Å². The number of nitrogens with one attached hydrogen (secondary N) is 1. The third kappa shape index (κ3) is 2.45. The molecule has 0 radical (unpaired) electrons. The Labute approximate surface area is 93.8 Å². The average molecular weight is 225 g/mol. The standard InChI is InChI=1S/C10H13ClN4/c11-9-2-1-3-10(13-9)15-6-4-8(14-12)5-7-15/h1-3,8,12H,4-7H2. The van der Waals surface area contributed by atoms with Crippen LogP contribution in [0, 0.1) is 5.53 Å². The number of nitrogens with zero attached hydrogens (tertiary/aromatic N) is 3. The maximum Gasteiger partial charge on any atom is 0.131 e. The average Bonchev–Trinajstić information content (AvgIpc) is 2.29. The SMILES string of the molecule is N=NC1CCN(c2cccc(Cl)n2)CC1. The number of anilines is 1. The molecule has 1 aromatic heterocycles. The Kier molecular flexibility index (Phi) is 3.16. The summed E-state index contributed by atoms with van der Waals surface area (Å²) >= 11 is 5.83. The maximum absolute atomic E-state index is 6.97. The summed E-state index contributed by atoms with van der Waals surface area (Å²) < 4.78 is 0. The molecule has 0 spiro atoms. The molecule has 1 aromatic rings. The molecule has 1 aliphatic heterocycles. The summed E-state index contributed by atoms with van der Waals surface area (Å²) in [6, 6.07) is 5.84. The van der Waals surface area contributed by atoms with Gasteiger partial charge in [-0.15, -0.1) is 0 Å². The van der Waals surface area contributed by atoms with E-state index < -0.39 is 0 Å². The van der Waals surface area contributed by atoms with Crippen molar-refractivity contribution in [2.24, 2.45) is 5.11 Å². The fourth-order valence-corrected chi connectivity index (χ4v) is 1.96. The number of hydrogen-bond donors (Lipinski definition) is 1. The van der Waals surface area contributed by atoms with Crippen LogP contribution in [0.15, 0.2) is 23.3 Å². The zero-order valence-corrected chi connectivity index (χ0v) is 9.11. The van der Waals surface area contributed by atoms with Crippen molar-refractivity contribution in [1.82, 2.24) is 4.98 Å². The lowest BCUT2D eigenvalue weighted by atomic mass is 10.1. The predicted octanol–water partition coefficient (Wildman–Crippen LogP) is 2.73. The lowest BCUT2D eigenvalue weighted by molar-refractivity contribution is 0.478. The molecule has 1 aliphatic rings. The zero-order valence-electron chi connectivity index (χ0n) is 8.36. The lowest BCUT2D eigenvalue weighted by Gasteiger charge is -2.30. The molecule has 0 aromatic carbocycles. The van der Waals surface area contributed by atoms with E-state index in [0.29, 0.717) is 5.15 Å². The van der Waals surface area contributed by atoms with Crippen molar-refractivity contribution < 1.29 is 0 Å². The Morgan fingerprint density at radius 1 is 1.40 bits per heavy atom. The molecule has 0 unspecified atom stereocenters. The van der Waals surface area contributed by atoms with Gasteiger partial charge in [0.1, 0.15) is 11.0 Å². The number of pyridine rings is 1. The van der Waals surface area contributed by atoms with Crippen molar-refractivity contribution in [3.63, 3.8) is 0 Å². The van der Waals surface area contributed by atoms with Gasteiger partial charge in [0.05, 0.1) is 6.04 Å². The number of rotatable bonds is 2. The van der Waals surface area contributed by atoms with E-state index in [1.54, 1.807) is 6.07 Å². The number of aromatic nitrogens is 1. The van der Waals surface area contributed by atoms with Gasteiger partial charge in [0.15, 0.2) is 0 Å². The van der Waals surface area contributed by atoms with Gasteiger partial charge >= 0.3 is 0 Å². The highest BCUT2D eigenvalue weighted by Gasteiger charge is 2.19. The number of halogens is 1. The van der Waals surface area contributed by atoms with Gasteiger partial charge in [-0.2, -0.15) is 5.11 Å². The van der Waals surface area contributed by atoms with Gasteiger partial charge < -0.3 is 4.90 Å². The normalized spacial score (nSPS) is 17.8. The summed E-state index contributed by atoms with van der Waals surface area (Å²) in [7, 11) is 0. The van der Waals surface area contributed by atoms with Gasteiger partial charge in [-0.1, -0.05) is 17.7 Å².